The summed E-state index contributed by atoms with van der Waals surface area (Å²) >= 11 is 0. The highest BCUT2D eigenvalue weighted by molar-refractivity contribution is 5.42. The number of aromatic nitrogens is 2. The quantitative estimate of drug-likeness (QED) is 0.784. The third kappa shape index (κ3) is 3.97. The van der Waals surface area contributed by atoms with E-state index in [-0.39, 0.29) is 0 Å². The van der Waals surface area contributed by atoms with E-state index in [2.05, 4.69) is 33.7 Å². The first kappa shape index (κ1) is 13.9. The van der Waals surface area contributed by atoms with Gasteiger partial charge in [-0.3, -0.25) is 0 Å². The summed E-state index contributed by atoms with van der Waals surface area (Å²) in [5.74, 6) is 0.924. The molecule has 1 aromatic rings. The first-order chi connectivity index (χ1) is 8.29. The van der Waals surface area contributed by atoms with Crippen molar-refractivity contribution in [2.24, 2.45) is 0 Å². The van der Waals surface area contributed by atoms with Gasteiger partial charge in [-0.25, -0.2) is 9.97 Å². The van der Waals surface area contributed by atoms with Crippen LogP contribution >= 0.6 is 0 Å². The predicted molar refractivity (Wildman–Crippen MR) is 72.5 cm³/mol. The van der Waals surface area contributed by atoms with Crippen molar-refractivity contribution in [3.63, 3.8) is 0 Å². The van der Waals surface area contributed by atoms with Crippen molar-refractivity contribution in [3.05, 3.63) is 18.2 Å². The molecular weight excluding hydrogens is 212 g/mol. The minimum Gasteiger partial charge on any atom is -0.366 e. The molecule has 0 spiro atoms. The molecule has 17 heavy (non-hydrogen) atoms. The fourth-order valence-electron chi connectivity index (χ4n) is 1.76. The molecule has 96 valence electrons. The Hall–Kier alpha value is -1.16. The fraction of sp³-hybridized carbons (Fsp3) is 0.692. The number of hydrogen-bond acceptors (Lipinski definition) is 4. The molecule has 0 saturated carbocycles. The SMILES string of the molecule is CC.CCc1ncc(N2CCN(C)CC2)cn1. The molecule has 0 amide bonds. The minimum absolute atomic E-state index is 0.906. The van der Waals surface area contributed by atoms with Crippen LogP contribution < -0.4 is 4.90 Å². The van der Waals surface area contributed by atoms with E-state index in [1.807, 2.05) is 26.2 Å². The van der Waals surface area contributed by atoms with Crippen LogP contribution in [0.2, 0.25) is 0 Å². The Bertz CT molecular complexity index is 302. The van der Waals surface area contributed by atoms with Crippen LogP contribution in [-0.2, 0) is 6.42 Å². The summed E-state index contributed by atoms with van der Waals surface area (Å²) in [7, 11) is 2.16. The molecule has 0 bridgehead atoms. The second-order valence-corrected chi connectivity index (χ2v) is 4.00. The normalized spacial score (nSPS) is 16.4. The first-order valence-electron chi connectivity index (χ1n) is 6.54. The highest BCUT2D eigenvalue weighted by Gasteiger charge is 2.14. The van der Waals surface area contributed by atoms with E-state index in [0.717, 1.165) is 44.1 Å². The number of nitrogens with zero attached hydrogens (tertiary/aromatic N) is 4. The van der Waals surface area contributed by atoms with Crippen molar-refractivity contribution >= 4 is 5.69 Å². The third-order valence-corrected chi connectivity index (χ3v) is 2.88. The van der Waals surface area contributed by atoms with E-state index in [4.69, 9.17) is 0 Å². The van der Waals surface area contributed by atoms with E-state index >= 15 is 0 Å². The molecule has 0 N–H and O–H groups in total. The van der Waals surface area contributed by atoms with Crippen LogP contribution in [0.4, 0.5) is 5.69 Å². The Balaban J connectivity index is 0.000000686. The Labute approximate surface area is 105 Å². The molecule has 4 nitrogen and oxygen atoms in total. The molecule has 2 heterocycles. The van der Waals surface area contributed by atoms with Crippen molar-refractivity contribution < 1.29 is 0 Å². The predicted octanol–water partition coefficient (Wildman–Crippen LogP) is 1.82. The fourth-order valence-corrected chi connectivity index (χ4v) is 1.76. The van der Waals surface area contributed by atoms with E-state index in [0.29, 0.717) is 0 Å². The van der Waals surface area contributed by atoms with Gasteiger partial charge in [0.1, 0.15) is 5.82 Å². The van der Waals surface area contributed by atoms with Gasteiger partial charge in [-0.05, 0) is 7.05 Å². The topological polar surface area (TPSA) is 32.3 Å². The van der Waals surface area contributed by atoms with Crippen LogP contribution in [0.5, 0.6) is 0 Å². The van der Waals surface area contributed by atoms with Crippen molar-refractivity contribution in [1.82, 2.24) is 14.9 Å². The zero-order valence-electron chi connectivity index (χ0n) is 11.5. The lowest BCUT2D eigenvalue weighted by Gasteiger charge is -2.33. The molecular formula is C13H24N4. The molecule has 1 aliphatic heterocycles. The highest BCUT2D eigenvalue weighted by atomic mass is 15.3. The molecule has 1 aliphatic rings. The van der Waals surface area contributed by atoms with Gasteiger partial charge in [0.25, 0.3) is 0 Å². The smallest absolute Gasteiger partial charge is 0.128 e. The lowest BCUT2D eigenvalue weighted by atomic mass is 10.3. The van der Waals surface area contributed by atoms with E-state index in [1.165, 1.54) is 0 Å². The summed E-state index contributed by atoms with van der Waals surface area (Å²) in [6.07, 6.45) is 4.79. The van der Waals surface area contributed by atoms with Crippen molar-refractivity contribution in [3.8, 4) is 0 Å². The van der Waals surface area contributed by atoms with Gasteiger partial charge in [0.15, 0.2) is 0 Å². The van der Waals surface area contributed by atoms with Crippen LogP contribution in [0.25, 0.3) is 0 Å². The zero-order valence-corrected chi connectivity index (χ0v) is 11.5. The Kier molecular flexibility index (Phi) is 5.91. The molecule has 1 fully saturated rings. The Morgan fingerprint density at radius 1 is 1.06 bits per heavy atom. The van der Waals surface area contributed by atoms with Crippen LogP contribution in [0.15, 0.2) is 12.4 Å². The van der Waals surface area contributed by atoms with Crippen LogP contribution in [0.3, 0.4) is 0 Å². The monoisotopic (exact) mass is 236 g/mol. The van der Waals surface area contributed by atoms with Gasteiger partial charge < -0.3 is 9.80 Å². The van der Waals surface area contributed by atoms with Crippen molar-refractivity contribution in [2.75, 3.05) is 38.1 Å². The molecule has 1 aromatic heterocycles. The molecule has 0 unspecified atom stereocenters. The summed E-state index contributed by atoms with van der Waals surface area (Å²) in [4.78, 5) is 13.3. The van der Waals surface area contributed by atoms with E-state index in [9.17, 15) is 0 Å². The molecule has 4 heteroatoms. The number of likely N-dealkylation sites (N-methyl/N-ethyl adjacent to an activating group) is 1. The maximum atomic E-state index is 4.33. The lowest BCUT2D eigenvalue weighted by Crippen LogP contribution is -2.44. The molecule has 0 radical (unpaired) electrons. The van der Waals surface area contributed by atoms with E-state index < -0.39 is 0 Å². The van der Waals surface area contributed by atoms with Gasteiger partial charge in [-0.1, -0.05) is 20.8 Å². The first-order valence-corrected chi connectivity index (χ1v) is 6.54. The number of aryl methyl sites for hydroxylation is 1. The molecule has 0 aromatic carbocycles. The second-order valence-electron chi connectivity index (χ2n) is 4.00. The van der Waals surface area contributed by atoms with Gasteiger partial charge in [-0.15, -0.1) is 0 Å². The van der Waals surface area contributed by atoms with Gasteiger partial charge in [0.05, 0.1) is 18.1 Å². The average Bonchev–Trinajstić information content (AvgIpc) is 2.42. The van der Waals surface area contributed by atoms with Gasteiger partial charge >= 0.3 is 0 Å². The lowest BCUT2D eigenvalue weighted by molar-refractivity contribution is 0.312. The number of anilines is 1. The van der Waals surface area contributed by atoms with Gasteiger partial charge in [-0.2, -0.15) is 0 Å². The largest absolute Gasteiger partial charge is 0.366 e. The maximum Gasteiger partial charge on any atom is 0.128 e. The van der Waals surface area contributed by atoms with Crippen LogP contribution in [0.1, 0.15) is 26.6 Å². The third-order valence-electron chi connectivity index (χ3n) is 2.88. The van der Waals surface area contributed by atoms with Gasteiger partial charge in [0.2, 0.25) is 0 Å². The molecule has 0 aliphatic carbocycles. The maximum absolute atomic E-state index is 4.33. The Morgan fingerprint density at radius 3 is 2.06 bits per heavy atom. The minimum atomic E-state index is 0.906. The van der Waals surface area contributed by atoms with Crippen molar-refractivity contribution in [1.29, 1.82) is 0 Å². The zero-order chi connectivity index (χ0) is 12.7. The molecule has 1 saturated heterocycles. The van der Waals surface area contributed by atoms with E-state index in [1.54, 1.807) is 0 Å². The molecule has 0 atom stereocenters. The number of piperazine rings is 1. The van der Waals surface area contributed by atoms with Crippen molar-refractivity contribution in [2.45, 2.75) is 27.2 Å². The molecule has 2 rings (SSSR count). The summed E-state index contributed by atoms with van der Waals surface area (Å²) in [5, 5.41) is 0. The van der Waals surface area contributed by atoms with Crippen LogP contribution in [0, 0.1) is 0 Å². The summed E-state index contributed by atoms with van der Waals surface area (Å²) in [6, 6.07) is 0. The number of rotatable bonds is 2. The number of hydrogen-bond donors (Lipinski definition) is 0. The average molecular weight is 236 g/mol. The highest BCUT2D eigenvalue weighted by Crippen LogP contribution is 2.13. The standard InChI is InChI=1S/C11H18N4.C2H6/c1-3-11-12-8-10(9-13-11)15-6-4-14(2)5-7-15;1-2/h8-9H,3-7H2,1-2H3;1-2H3. The second kappa shape index (κ2) is 7.22. The summed E-state index contributed by atoms with van der Waals surface area (Å²) in [6.45, 7) is 10.5. The Morgan fingerprint density at radius 2 is 1.59 bits per heavy atom. The summed E-state index contributed by atoms with van der Waals surface area (Å²) in [5.41, 5.74) is 1.15. The van der Waals surface area contributed by atoms with Crippen LogP contribution in [-0.4, -0.2) is 48.1 Å². The van der Waals surface area contributed by atoms with Gasteiger partial charge in [0, 0.05) is 32.6 Å². The summed E-state index contributed by atoms with van der Waals surface area (Å²) < 4.78 is 0.